The third-order valence-electron chi connectivity index (χ3n) is 3.64. The van der Waals surface area contributed by atoms with Crippen molar-refractivity contribution >= 4 is 41.4 Å². The van der Waals surface area contributed by atoms with E-state index in [0.717, 1.165) is 12.8 Å². The van der Waals surface area contributed by atoms with Crippen LogP contribution in [0.3, 0.4) is 0 Å². The van der Waals surface area contributed by atoms with Crippen molar-refractivity contribution in [3.8, 4) is 0 Å². The Morgan fingerprint density at radius 2 is 1.35 bits per heavy atom. The molecule has 0 aliphatic carbocycles. The maximum atomic E-state index is 11.4. The average molecular weight is 337 g/mol. The molecule has 0 unspecified atom stereocenters. The molecule has 5 nitrogen and oxygen atoms in total. The van der Waals surface area contributed by atoms with Gasteiger partial charge < -0.3 is 10.6 Å². The van der Waals surface area contributed by atoms with Gasteiger partial charge in [-0.25, -0.2) is 4.79 Å². The van der Waals surface area contributed by atoms with E-state index in [1.807, 2.05) is 0 Å². The van der Waals surface area contributed by atoms with E-state index >= 15 is 0 Å². The summed E-state index contributed by atoms with van der Waals surface area (Å²) >= 11 is 0. The van der Waals surface area contributed by atoms with Crippen LogP contribution in [0.15, 0.2) is 0 Å². The molecule has 0 bridgehead atoms. The summed E-state index contributed by atoms with van der Waals surface area (Å²) in [6.45, 7) is 3.75. The van der Waals surface area contributed by atoms with Crippen molar-refractivity contribution in [3.05, 3.63) is 0 Å². The van der Waals surface area contributed by atoms with Gasteiger partial charge in [0.1, 0.15) is 6.04 Å². The molecule has 0 rings (SSSR count). The van der Waals surface area contributed by atoms with Gasteiger partial charge in [-0.3, -0.25) is 4.79 Å². The summed E-state index contributed by atoms with van der Waals surface area (Å²) in [5.74, 6) is -0.878. The molecular formula is C17H34N2NaO3. The van der Waals surface area contributed by atoms with E-state index in [4.69, 9.17) is 5.73 Å². The predicted molar refractivity (Wildman–Crippen MR) is 94.7 cm³/mol. The first-order valence-corrected chi connectivity index (χ1v) is 8.83. The molecule has 0 aromatic heterocycles. The van der Waals surface area contributed by atoms with Gasteiger partial charge in [0, 0.05) is 36.0 Å². The number of nitrogens with one attached hydrogen (secondary N) is 1. The van der Waals surface area contributed by atoms with Crippen molar-refractivity contribution < 1.29 is 14.4 Å². The second-order valence-corrected chi connectivity index (χ2v) is 6.02. The van der Waals surface area contributed by atoms with Crippen LogP contribution in [-0.2, 0) is 14.4 Å². The molecule has 3 N–H and O–H groups in total. The minimum Gasteiger partial charge on any atom is -0.339 e. The first-order valence-electron chi connectivity index (χ1n) is 8.83. The largest absolute Gasteiger partial charge is 0.348 e. The third-order valence-corrected chi connectivity index (χ3v) is 3.64. The van der Waals surface area contributed by atoms with Crippen LogP contribution < -0.4 is 11.2 Å². The molecular weight excluding hydrogens is 303 g/mol. The summed E-state index contributed by atoms with van der Waals surface area (Å²) in [5, 5.41) is 0. The van der Waals surface area contributed by atoms with Gasteiger partial charge in [0.05, 0.1) is 0 Å². The fourth-order valence-corrected chi connectivity index (χ4v) is 2.20. The molecule has 0 aromatic rings. The molecule has 1 amide bonds. The molecule has 0 fully saturated rings. The molecule has 0 saturated heterocycles. The summed E-state index contributed by atoms with van der Waals surface area (Å²) in [5.41, 5.74) is 7.44. The van der Waals surface area contributed by atoms with Gasteiger partial charge in [0.25, 0.3) is 5.91 Å². The second kappa shape index (κ2) is 18.2. The first kappa shape index (κ1) is 25.1. The number of unbranched alkanes of at least 4 members (excludes halogenated alkanes) is 10. The van der Waals surface area contributed by atoms with E-state index in [1.54, 1.807) is 0 Å². The number of carbonyl (C=O) groups excluding carboxylic acids is 2. The van der Waals surface area contributed by atoms with E-state index in [0.29, 0.717) is 6.42 Å². The number of carbonyl (C=O) groups is 2. The normalized spacial score (nSPS) is 11.4. The molecule has 0 saturated carbocycles. The Labute approximate surface area is 163 Å². The van der Waals surface area contributed by atoms with Crippen LogP contribution in [0.25, 0.3) is 0 Å². The standard InChI is InChI=1S/C17H34N2O3.Na/c1-3-4-5-6-7-8-9-10-11-12-13-14-16(20)19-22-17(21)15(2)18;/h15H,3-14,18H2,1-2H3,(H,19,20);/t15-;/m0./s1. The van der Waals surface area contributed by atoms with E-state index in [1.165, 1.54) is 64.7 Å². The molecule has 131 valence electrons. The Morgan fingerprint density at radius 1 is 0.913 bits per heavy atom. The zero-order chi connectivity index (χ0) is 16.6. The van der Waals surface area contributed by atoms with Crippen molar-refractivity contribution in [3.63, 3.8) is 0 Å². The average Bonchev–Trinajstić information content (AvgIpc) is 2.50. The fraction of sp³-hybridized carbons (Fsp3) is 0.882. The van der Waals surface area contributed by atoms with Crippen molar-refractivity contribution in [2.24, 2.45) is 5.73 Å². The maximum Gasteiger partial charge on any atom is 0.348 e. The van der Waals surface area contributed by atoms with E-state index in [9.17, 15) is 9.59 Å². The predicted octanol–water partition coefficient (Wildman–Crippen LogP) is 3.23. The zero-order valence-corrected chi connectivity index (χ0v) is 17.4. The smallest absolute Gasteiger partial charge is 0.339 e. The van der Waals surface area contributed by atoms with Gasteiger partial charge in [-0.15, -0.1) is 0 Å². The fourth-order valence-electron chi connectivity index (χ4n) is 2.20. The second-order valence-electron chi connectivity index (χ2n) is 6.02. The quantitative estimate of drug-likeness (QED) is 0.307. The topological polar surface area (TPSA) is 81.4 Å². The third kappa shape index (κ3) is 18.1. The van der Waals surface area contributed by atoms with Crippen LogP contribution in [0.2, 0.25) is 0 Å². The molecule has 1 atom stereocenters. The van der Waals surface area contributed by atoms with Crippen molar-refractivity contribution in [2.45, 2.75) is 96.9 Å². The van der Waals surface area contributed by atoms with Gasteiger partial charge in [0.15, 0.2) is 0 Å². The van der Waals surface area contributed by atoms with E-state index in [2.05, 4.69) is 17.2 Å². The minimum atomic E-state index is -0.720. The molecule has 0 heterocycles. The molecule has 6 heteroatoms. The Bertz CT molecular complexity index is 300. The van der Waals surface area contributed by atoms with Crippen LogP contribution in [-0.4, -0.2) is 47.5 Å². The van der Waals surface area contributed by atoms with Gasteiger partial charge >= 0.3 is 5.97 Å². The molecule has 0 aromatic carbocycles. The summed E-state index contributed by atoms with van der Waals surface area (Å²) in [4.78, 5) is 27.0. The van der Waals surface area contributed by atoms with Gasteiger partial charge in [-0.1, -0.05) is 71.1 Å². The number of hydrogen-bond acceptors (Lipinski definition) is 4. The van der Waals surface area contributed by atoms with Crippen molar-refractivity contribution in [2.75, 3.05) is 0 Å². The molecule has 0 aliphatic heterocycles. The van der Waals surface area contributed by atoms with E-state index in [-0.39, 0.29) is 35.5 Å². The van der Waals surface area contributed by atoms with Crippen LogP contribution >= 0.6 is 0 Å². The molecule has 0 spiro atoms. The van der Waals surface area contributed by atoms with Gasteiger partial charge in [-0.05, 0) is 13.3 Å². The van der Waals surface area contributed by atoms with Crippen LogP contribution in [0.5, 0.6) is 0 Å². The zero-order valence-electron chi connectivity index (χ0n) is 15.4. The number of nitrogens with two attached hydrogens (primary N) is 1. The maximum absolute atomic E-state index is 11.4. The summed E-state index contributed by atoms with van der Waals surface area (Å²) < 4.78 is 0. The van der Waals surface area contributed by atoms with Crippen molar-refractivity contribution in [1.29, 1.82) is 0 Å². The van der Waals surface area contributed by atoms with Crippen LogP contribution in [0, 0.1) is 0 Å². The minimum absolute atomic E-state index is 0. The molecule has 1 radical (unpaired) electrons. The first-order chi connectivity index (χ1) is 10.6. The van der Waals surface area contributed by atoms with E-state index < -0.39 is 12.0 Å². The monoisotopic (exact) mass is 337 g/mol. The van der Waals surface area contributed by atoms with Crippen LogP contribution in [0.1, 0.15) is 90.9 Å². The summed E-state index contributed by atoms with van der Waals surface area (Å²) in [7, 11) is 0. The number of rotatable bonds is 13. The number of hydroxylamine groups is 1. The Balaban J connectivity index is 0. The number of hydrogen-bond donors (Lipinski definition) is 2. The van der Waals surface area contributed by atoms with Crippen LogP contribution in [0.4, 0.5) is 0 Å². The summed E-state index contributed by atoms with van der Waals surface area (Å²) in [6, 6.07) is -0.720. The van der Waals surface area contributed by atoms with Gasteiger partial charge in [0.2, 0.25) is 0 Å². The molecule has 0 aliphatic rings. The van der Waals surface area contributed by atoms with Gasteiger partial charge in [-0.2, -0.15) is 5.48 Å². The summed E-state index contributed by atoms with van der Waals surface area (Å²) in [6.07, 6.45) is 14.1. The molecule has 23 heavy (non-hydrogen) atoms. The van der Waals surface area contributed by atoms with Crippen molar-refractivity contribution in [1.82, 2.24) is 5.48 Å². The SMILES string of the molecule is CCCCCCCCCCCCCC(=O)NOC(=O)[C@H](C)N.[Na]. The Hall–Kier alpha value is -0.100. The Kier molecular flexibility index (Phi) is 19.9. The number of amides is 1. The Morgan fingerprint density at radius 3 is 1.78 bits per heavy atom.